The Bertz CT molecular complexity index is 561. The van der Waals surface area contributed by atoms with Crippen LogP contribution in [0.1, 0.15) is 26.2 Å². The van der Waals surface area contributed by atoms with Gasteiger partial charge in [-0.25, -0.2) is 18.4 Å². The number of allylic oxidation sites excluding steroid dienone is 1. The van der Waals surface area contributed by atoms with E-state index in [4.69, 9.17) is 5.14 Å². The Labute approximate surface area is 119 Å². The number of rotatable bonds is 4. The van der Waals surface area contributed by atoms with Crippen molar-refractivity contribution >= 4 is 16.0 Å². The summed E-state index contributed by atoms with van der Waals surface area (Å²) < 4.78 is 23.1. The molecule has 0 spiro atoms. The molecule has 0 aromatic rings. The largest absolute Gasteiger partial charge is 0.480 e. The van der Waals surface area contributed by atoms with E-state index in [0.29, 0.717) is 19.5 Å². The number of sulfonamides is 1. The third-order valence-corrected chi connectivity index (χ3v) is 5.07. The van der Waals surface area contributed by atoms with Gasteiger partial charge in [0.2, 0.25) is 10.0 Å². The van der Waals surface area contributed by atoms with Gasteiger partial charge < -0.3 is 5.11 Å². The van der Waals surface area contributed by atoms with Crippen molar-refractivity contribution in [2.45, 2.75) is 31.7 Å². The molecule has 0 saturated carbocycles. The molecule has 0 bridgehead atoms. The molecule has 6 nitrogen and oxygen atoms in total. The Morgan fingerprint density at radius 3 is 2.55 bits per heavy atom. The van der Waals surface area contributed by atoms with Gasteiger partial charge in [-0.3, -0.25) is 4.90 Å². The number of primary sulfonamides is 1. The summed E-state index contributed by atoms with van der Waals surface area (Å²) in [6.45, 7) is 3.22. The Morgan fingerprint density at radius 1 is 1.50 bits per heavy atom. The van der Waals surface area contributed by atoms with Crippen LogP contribution in [0.4, 0.5) is 0 Å². The summed E-state index contributed by atoms with van der Waals surface area (Å²) in [5, 5.41) is 14.9. The molecular weight excluding hydrogens is 280 g/mol. The van der Waals surface area contributed by atoms with Crippen molar-refractivity contribution in [3.8, 4) is 0 Å². The molecule has 1 aliphatic heterocycles. The topological polar surface area (TPSA) is 101 Å². The number of hydrogen-bond acceptors (Lipinski definition) is 4. The molecule has 1 fully saturated rings. The molecule has 1 saturated heterocycles. The first kappa shape index (κ1) is 15.2. The van der Waals surface area contributed by atoms with Gasteiger partial charge in [0, 0.05) is 5.92 Å². The zero-order valence-electron chi connectivity index (χ0n) is 11.4. The highest BCUT2D eigenvalue weighted by molar-refractivity contribution is 7.93. The molecule has 3 N–H and O–H groups in total. The normalized spacial score (nSPS) is 31.3. The van der Waals surface area contributed by atoms with Gasteiger partial charge >= 0.3 is 5.97 Å². The Morgan fingerprint density at radius 2 is 2.10 bits per heavy atom. The predicted octanol–water partition coefficient (Wildman–Crippen LogP) is 0.674. The maximum atomic E-state index is 11.9. The lowest BCUT2D eigenvalue weighted by atomic mass is 9.77. The van der Waals surface area contributed by atoms with E-state index in [2.05, 4.69) is 0 Å². The maximum absolute atomic E-state index is 11.9. The number of nitrogens with zero attached hydrogens (tertiary/aromatic N) is 1. The summed E-state index contributed by atoms with van der Waals surface area (Å²) in [5.74, 6) is -1.28. The average molecular weight is 300 g/mol. The molecule has 1 aliphatic carbocycles. The lowest BCUT2D eigenvalue weighted by molar-refractivity contribution is -0.150. The SMILES string of the molecule is CCC1C=CC(S(N)(=O)=O)=CC1(C(=O)O)N1CCCC1. The highest BCUT2D eigenvalue weighted by atomic mass is 32.2. The average Bonchev–Trinajstić information content (AvgIpc) is 2.90. The summed E-state index contributed by atoms with van der Waals surface area (Å²) >= 11 is 0. The highest BCUT2D eigenvalue weighted by Gasteiger charge is 2.50. The third kappa shape index (κ3) is 2.41. The van der Waals surface area contributed by atoms with E-state index in [1.165, 1.54) is 12.2 Å². The van der Waals surface area contributed by atoms with E-state index in [1.807, 2.05) is 11.8 Å². The van der Waals surface area contributed by atoms with E-state index in [-0.39, 0.29) is 10.8 Å². The van der Waals surface area contributed by atoms with Gasteiger partial charge in [0.1, 0.15) is 5.54 Å². The van der Waals surface area contributed by atoms with Gasteiger partial charge in [0.15, 0.2) is 0 Å². The molecule has 1 heterocycles. The number of nitrogens with two attached hydrogens (primary N) is 1. The Kier molecular flexibility index (Phi) is 4.04. The summed E-state index contributed by atoms with van der Waals surface area (Å²) in [5.41, 5.74) is -1.30. The van der Waals surface area contributed by atoms with Crippen LogP contribution in [-0.2, 0) is 14.8 Å². The molecule has 0 aromatic carbocycles. The van der Waals surface area contributed by atoms with Gasteiger partial charge in [-0.15, -0.1) is 0 Å². The monoisotopic (exact) mass is 300 g/mol. The minimum Gasteiger partial charge on any atom is -0.480 e. The molecule has 2 unspecified atom stereocenters. The van der Waals surface area contributed by atoms with E-state index in [1.54, 1.807) is 6.08 Å². The molecule has 2 atom stereocenters. The standard InChI is InChI=1S/C13H20N2O4S/c1-2-10-5-6-11(20(14,18)19)9-13(10,12(16)17)15-7-3-4-8-15/h5-6,9-10H,2-4,7-8H2,1H3,(H,16,17)(H2,14,18,19). The van der Waals surface area contributed by atoms with Crippen LogP contribution in [0.5, 0.6) is 0 Å². The van der Waals surface area contributed by atoms with Crippen molar-refractivity contribution in [2.24, 2.45) is 11.1 Å². The molecule has 7 heteroatoms. The molecule has 2 rings (SSSR count). The molecular formula is C13H20N2O4S. The number of hydrogen-bond donors (Lipinski definition) is 2. The summed E-state index contributed by atoms with van der Waals surface area (Å²) in [4.78, 5) is 13.7. The fraction of sp³-hybridized carbons (Fsp3) is 0.615. The second kappa shape index (κ2) is 5.31. The fourth-order valence-corrected chi connectivity index (χ4v) is 3.73. The van der Waals surface area contributed by atoms with E-state index in [0.717, 1.165) is 12.8 Å². The van der Waals surface area contributed by atoms with Gasteiger partial charge in [0.05, 0.1) is 4.91 Å². The summed E-state index contributed by atoms with van der Waals surface area (Å²) in [6, 6.07) is 0. The minimum atomic E-state index is -3.91. The molecule has 2 aliphatic rings. The maximum Gasteiger partial charge on any atom is 0.328 e. The smallest absolute Gasteiger partial charge is 0.328 e. The molecule has 0 aromatic heterocycles. The van der Waals surface area contributed by atoms with Crippen LogP contribution in [0.3, 0.4) is 0 Å². The van der Waals surface area contributed by atoms with Gasteiger partial charge in [-0.05, 0) is 44.5 Å². The zero-order chi connectivity index (χ0) is 15.0. The van der Waals surface area contributed by atoms with Gasteiger partial charge in [-0.2, -0.15) is 0 Å². The first-order chi connectivity index (χ1) is 9.32. The number of aliphatic carboxylic acids is 1. The molecule has 0 radical (unpaired) electrons. The van der Waals surface area contributed by atoms with Crippen molar-refractivity contribution < 1.29 is 18.3 Å². The number of likely N-dealkylation sites (tertiary alicyclic amines) is 1. The van der Waals surface area contributed by atoms with Crippen molar-refractivity contribution in [1.82, 2.24) is 4.90 Å². The lowest BCUT2D eigenvalue weighted by Crippen LogP contribution is -2.58. The van der Waals surface area contributed by atoms with Crippen molar-refractivity contribution in [2.75, 3.05) is 13.1 Å². The number of carbonyl (C=O) groups is 1. The van der Waals surface area contributed by atoms with Crippen LogP contribution >= 0.6 is 0 Å². The van der Waals surface area contributed by atoms with Gasteiger partial charge in [0.25, 0.3) is 0 Å². The predicted molar refractivity (Wildman–Crippen MR) is 75.3 cm³/mol. The molecule has 20 heavy (non-hydrogen) atoms. The van der Waals surface area contributed by atoms with Crippen LogP contribution in [0.15, 0.2) is 23.1 Å². The van der Waals surface area contributed by atoms with Crippen molar-refractivity contribution in [3.05, 3.63) is 23.1 Å². The summed E-state index contributed by atoms with van der Waals surface area (Å²) in [7, 11) is -3.91. The second-order valence-electron chi connectivity index (χ2n) is 5.29. The lowest BCUT2D eigenvalue weighted by Gasteiger charge is -2.42. The number of carboxylic acids is 1. The van der Waals surface area contributed by atoms with Crippen LogP contribution in [0.25, 0.3) is 0 Å². The van der Waals surface area contributed by atoms with E-state index in [9.17, 15) is 18.3 Å². The Hall–Kier alpha value is -1.18. The van der Waals surface area contributed by atoms with Gasteiger partial charge in [-0.1, -0.05) is 13.0 Å². The van der Waals surface area contributed by atoms with Crippen molar-refractivity contribution in [3.63, 3.8) is 0 Å². The second-order valence-corrected chi connectivity index (χ2v) is 6.85. The Balaban J connectivity index is 2.57. The van der Waals surface area contributed by atoms with E-state index >= 15 is 0 Å². The van der Waals surface area contributed by atoms with Crippen LogP contribution < -0.4 is 5.14 Å². The molecule has 0 amide bonds. The first-order valence-electron chi connectivity index (χ1n) is 6.74. The number of carboxylic acid groups (broad SMARTS) is 1. The first-order valence-corrected chi connectivity index (χ1v) is 8.29. The third-order valence-electron chi connectivity index (χ3n) is 4.16. The fourth-order valence-electron chi connectivity index (χ4n) is 3.12. The highest BCUT2D eigenvalue weighted by Crippen LogP contribution is 2.38. The van der Waals surface area contributed by atoms with Crippen LogP contribution in [0.2, 0.25) is 0 Å². The van der Waals surface area contributed by atoms with Crippen LogP contribution in [-0.4, -0.2) is 43.0 Å². The minimum absolute atomic E-state index is 0.114. The van der Waals surface area contributed by atoms with Crippen molar-refractivity contribution in [1.29, 1.82) is 0 Å². The zero-order valence-corrected chi connectivity index (χ0v) is 12.3. The molecule has 112 valence electrons. The van der Waals surface area contributed by atoms with Crippen LogP contribution in [0, 0.1) is 5.92 Å². The quantitative estimate of drug-likeness (QED) is 0.795. The summed E-state index contributed by atoms with van der Waals surface area (Å²) in [6.07, 6.45) is 6.87. The van der Waals surface area contributed by atoms with E-state index < -0.39 is 21.5 Å².